The van der Waals surface area contributed by atoms with Gasteiger partial charge in [-0.2, -0.15) is 5.10 Å². The number of carbonyl (C=O) groups excluding carboxylic acids is 1. The number of carbonyl (C=O) groups is 2. The van der Waals surface area contributed by atoms with E-state index in [9.17, 15) is 14.7 Å². The van der Waals surface area contributed by atoms with E-state index in [4.69, 9.17) is 0 Å². The number of pyridine rings is 1. The summed E-state index contributed by atoms with van der Waals surface area (Å²) < 4.78 is 2.07. The zero-order chi connectivity index (χ0) is 29.9. The van der Waals surface area contributed by atoms with Crippen molar-refractivity contribution in [1.82, 2.24) is 14.8 Å². The molecule has 0 unspecified atom stereocenters. The third kappa shape index (κ3) is 7.11. The van der Waals surface area contributed by atoms with Crippen molar-refractivity contribution < 1.29 is 14.7 Å². The second kappa shape index (κ2) is 12.9. The van der Waals surface area contributed by atoms with Crippen molar-refractivity contribution in [2.24, 2.45) is 17.8 Å². The Morgan fingerprint density at radius 2 is 1.63 bits per heavy atom. The monoisotopic (exact) mass is 583 g/mol. The fourth-order valence-electron chi connectivity index (χ4n) is 7.12. The third-order valence-electron chi connectivity index (χ3n) is 9.93. The van der Waals surface area contributed by atoms with Crippen LogP contribution < -0.4 is 9.80 Å². The topological polar surface area (TPSA) is 91.6 Å². The number of aliphatic carboxylic acids is 1. The lowest BCUT2D eigenvalue weighted by Gasteiger charge is -2.36. The predicted molar refractivity (Wildman–Crippen MR) is 169 cm³/mol. The van der Waals surface area contributed by atoms with Crippen LogP contribution in [0, 0.1) is 17.8 Å². The first-order chi connectivity index (χ1) is 20.8. The lowest BCUT2D eigenvalue weighted by Crippen LogP contribution is -2.41. The molecule has 6 rings (SSSR count). The molecule has 0 atom stereocenters. The van der Waals surface area contributed by atoms with Crippen LogP contribution in [0.5, 0.6) is 0 Å². The number of rotatable bonds is 10. The summed E-state index contributed by atoms with van der Waals surface area (Å²) in [5.41, 5.74) is 4.45. The van der Waals surface area contributed by atoms with Crippen molar-refractivity contribution in [3.05, 3.63) is 60.6 Å². The Morgan fingerprint density at radius 1 is 0.884 bits per heavy atom. The number of hydrogen-bond donors (Lipinski definition) is 1. The first kappa shape index (κ1) is 29.4. The zero-order valence-electron chi connectivity index (χ0n) is 25.6. The summed E-state index contributed by atoms with van der Waals surface area (Å²) in [5.74, 6) is 1.52. The Balaban J connectivity index is 1.17. The SMILES string of the molecule is CN(C)c1ccc(C2CCC(CN(C(=O)C3CCC(CC(=O)O)CC3)c3cccc(-c4cnn(C5CC5)c4)c3)CC2)cn1. The van der Waals surface area contributed by atoms with E-state index in [1.165, 1.54) is 18.4 Å². The second-order valence-electron chi connectivity index (χ2n) is 13.3. The van der Waals surface area contributed by atoms with Crippen LogP contribution in [0.4, 0.5) is 11.5 Å². The molecule has 1 N–H and O–H groups in total. The summed E-state index contributed by atoms with van der Waals surface area (Å²) in [6, 6.07) is 13.3. The average molecular weight is 584 g/mol. The summed E-state index contributed by atoms with van der Waals surface area (Å²) >= 11 is 0. The van der Waals surface area contributed by atoms with E-state index in [2.05, 4.69) is 62.3 Å². The summed E-state index contributed by atoms with van der Waals surface area (Å²) in [7, 11) is 4.03. The minimum atomic E-state index is -0.738. The molecule has 0 saturated heterocycles. The highest BCUT2D eigenvalue weighted by molar-refractivity contribution is 5.95. The number of carboxylic acids is 1. The quantitative estimate of drug-likeness (QED) is 0.278. The molecule has 1 aromatic carbocycles. The van der Waals surface area contributed by atoms with Crippen molar-refractivity contribution in [3.8, 4) is 11.1 Å². The highest BCUT2D eigenvalue weighted by Gasteiger charge is 2.33. The molecule has 43 heavy (non-hydrogen) atoms. The molecule has 0 bridgehead atoms. The predicted octanol–water partition coefficient (Wildman–Crippen LogP) is 6.93. The van der Waals surface area contributed by atoms with Crippen LogP contribution in [-0.4, -0.2) is 52.4 Å². The minimum Gasteiger partial charge on any atom is -0.481 e. The van der Waals surface area contributed by atoms with Gasteiger partial charge in [0.2, 0.25) is 5.91 Å². The van der Waals surface area contributed by atoms with Gasteiger partial charge in [0.15, 0.2) is 0 Å². The number of anilines is 2. The van der Waals surface area contributed by atoms with Gasteiger partial charge >= 0.3 is 5.97 Å². The third-order valence-corrected chi connectivity index (χ3v) is 9.93. The van der Waals surface area contributed by atoms with Gasteiger partial charge in [0.1, 0.15) is 5.82 Å². The Hall–Kier alpha value is -3.68. The van der Waals surface area contributed by atoms with Gasteiger partial charge in [-0.3, -0.25) is 14.3 Å². The Kier molecular flexibility index (Phi) is 8.82. The number of aromatic nitrogens is 3. The molecule has 228 valence electrons. The largest absolute Gasteiger partial charge is 0.481 e. The van der Waals surface area contributed by atoms with Gasteiger partial charge in [0, 0.05) is 56.6 Å². The van der Waals surface area contributed by atoms with E-state index < -0.39 is 5.97 Å². The highest BCUT2D eigenvalue weighted by Crippen LogP contribution is 2.39. The van der Waals surface area contributed by atoms with E-state index in [1.807, 2.05) is 31.4 Å². The first-order valence-electron chi connectivity index (χ1n) is 16.1. The molecule has 3 aromatic rings. The Morgan fingerprint density at radius 3 is 2.28 bits per heavy atom. The van der Waals surface area contributed by atoms with Gasteiger partial charge in [0.05, 0.1) is 12.2 Å². The summed E-state index contributed by atoms with van der Waals surface area (Å²) in [5, 5.41) is 13.8. The van der Waals surface area contributed by atoms with Gasteiger partial charge in [-0.05, 0) is 111 Å². The van der Waals surface area contributed by atoms with Crippen LogP contribution >= 0.6 is 0 Å². The van der Waals surface area contributed by atoms with Crippen LogP contribution in [0.1, 0.15) is 88.2 Å². The van der Waals surface area contributed by atoms with E-state index in [1.54, 1.807) is 0 Å². The minimum absolute atomic E-state index is 0.0519. The zero-order valence-corrected chi connectivity index (χ0v) is 25.6. The molecule has 8 nitrogen and oxygen atoms in total. The van der Waals surface area contributed by atoms with Crippen molar-refractivity contribution >= 4 is 23.4 Å². The Bertz CT molecular complexity index is 1400. The van der Waals surface area contributed by atoms with E-state index in [0.29, 0.717) is 17.9 Å². The van der Waals surface area contributed by atoms with E-state index in [0.717, 1.165) is 80.5 Å². The maximum Gasteiger partial charge on any atom is 0.303 e. The molecular weight excluding hydrogens is 538 g/mol. The molecule has 3 aliphatic rings. The number of hydrogen-bond acceptors (Lipinski definition) is 5. The average Bonchev–Trinajstić information content (AvgIpc) is 3.76. The van der Waals surface area contributed by atoms with Gasteiger partial charge in [0.25, 0.3) is 0 Å². The van der Waals surface area contributed by atoms with Crippen LogP contribution in [0.3, 0.4) is 0 Å². The van der Waals surface area contributed by atoms with E-state index >= 15 is 0 Å². The Labute approximate surface area is 255 Å². The standard InChI is InChI=1S/C35H45N5O3/c1-38(2)33-17-14-29(20-36-33)26-10-8-25(9-11-26)22-39(35(43)27-12-6-24(7-13-27)18-34(41)42)32-5-3-4-28(19-32)30-21-37-40(23-30)31-15-16-31/h3-5,14,17,19-21,23-27,31H,6-13,15-16,18,22H2,1-2H3,(H,41,42). The molecule has 3 fully saturated rings. The van der Waals surface area contributed by atoms with Gasteiger partial charge in [-0.25, -0.2) is 4.98 Å². The van der Waals surface area contributed by atoms with Crippen molar-refractivity contribution in [2.75, 3.05) is 30.4 Å². The normalized spacial score (nSPS) is 24.0. The van der Waals surface area contributed by atoms with Gasteiger partial charge in [-0.1, -0.05) is 18.2 Å². The van der Waals surface area contributed by atoms with Crippen molar-refractivity contribution in [2.45, 2.75) is 82.6 Å². The number of nitrogens with zero attached hydrogens (tertiary/aromatic N) is 5. The fourth-order valence-corrected chi connectivity index (χ4v) is 7.12. The van der Waals surface area contributed by atoms with Gasteiger partial charge in [-0.15, -0.1) is 0 Å². The molecule has 0 radical (unpaired) electrons. The molecule has 0 spiro atoms. The number of benzene rings is 1. The van der Waals surface area contributed by atoms with Crippen LogP contribution in [0.2, 0.25) is 0 Å². The smallest absolute Gasteiger partial charge is 0.303 e. The molecular formula is C35H45N5O3. The van der Waals surface area contributed by atoms with Crippen LogP contribution in [0.25, 0.3) is 11.1 Å². The van der Waals surface area contributed by atoms with Crippen molar-refractivity contribution in [1.29, 1.82) is 0 Å². The van der Waals surface area contributed by atoms with Crippen LogP contribution in [0.15, 0.2) is 55.0 Å². The lowest BCUT2D eigenvalue weighted by molar-refractivity contribution is -0.138. The second-order valence-corrected chi connectivity index (χ2v) is 13.3. The molecule has 3 aliphatic carbocycles. The van der Waals surface area contributed by atoms with Crippen molar-refractivity contribution in [3.63, 3.8) is 0 Å². The van der Waals surface area contributed by atoms with Gasteiger partial charge < -0.3 is 14.9 Å². The van der Waals surface area contributed by atoms with Crippen LogP contribution in [-0.2, 0) is 9.59 Å². The summed E-state index contributed by atoms with van der Waals surface area (Å²) in [6.07, 6.45) is 16.2. The molecule has 8 heteroatoms. The summed E-state index contributed by atoms with van der Waals surface area (Å²) in [4.78, 5) is 34.2. The molecule has 2 aromatic heterocycles. The van der Waals surface area contributed by atoms with E-state index in [-0.39, 0.29) is 24.2 Å². The first-order valence-corrected chi connectivity index (χ1v) is 16.1. The maximum absolute atomic E-state index is 14.2. The molecule has 1 amide bonds. The highest BCUT2D eigenvalue weighted by atomic mass is 16.4. The number of amides is 1. The summed E-state index contributed by atoms with van der Waals surface area (Å²) in [6.45, 7) is 0.725. The molecule has 3 saturated carbocycles. The fraction of sp³-hybridized carbons (Fsp3) is 0.543. The molecule has 2 heterocycles. The maximum atomic E-state index is 14.2. The lowest BCUT2D eigenvalue weighted by atomic mass is 9.78. The molecule has 0 aliphatic heterocycles. The number of carboxylic acid groups (broad SMARTS) is 1.